The van der Waals surface area contributed by atoms with Crippen LogP contribution < -0.4 is 10.0 Å². The van der Waals surface area contributed by atoms with Gasteiger partial charge in [0.1, 0.15) is 15.2 Å². The highest BCUT2D eigenvalue weighted by Gasteiger charge is 2.22. The Kier molecular flexibility index (Phi) is 4.35. The number of sulfonamides is 1. The van der Waals surface area contributed by atoms with Gasteiger partial charge in [-0.3, -0.25) is 0 Å². The summed E-state index contributed by atoms with van der Waals surface area (Å²) in [7, 11) is -3.48. The molecule has 1 fully saturated rings. The topological polar surface area (TPSA) is 82.0 Å². The lowest BCUT2D eigenvalue weighted by atomic mass is 10.1. The summed E-state index contributed by atoms with van der Waals surface area (Å²) in [5, 5.41) is 12.0. The number of thiophene rings is 1. The summed E-state index contributed by atoms with van der Waals surface area (Å²) in [5.41, 5.74) is 0. The van der Waals surface area contributed by atoms with Gasteiger partial charge in [0.05, 0.1) is 0 Å². The highest BCUT2D eigenvalue weighted by Crippen LogP contribution is 2.21. The molecule has 0 saturated carbocycles. The molecule has 1 atom stereocenters. The van der Waals surface area contributed by atoms with Crippen LogP contribution in [-0.4, -0.2) is 27.5 Å². The second-order valence-electron chi connectivity index (χ2n) is 4.23. The molecule has 1 aromatic rings. The maximum Gasteiger partial charge on any atom is 0.250 e. The second-order valence-corrected chi connectivity index (χ2v) is 7.25. The molecule has 1 unspecified atom stereocenters. The predicted molar refractivity (Wildman–Crippen MR) is 69.9 cm³/mol. The molecule has 2 N–H and O–H groups in total. The molecule has 0 aromatic carbocycles. The third kappa shape index (κ3) is 3.29. The van der Waals surface area contributed by atoms with Crippen molar-refractivity contribution in [3.8, 4) is 6.07 Å². The van der Waals surface area contributed by atoms with Crippen molar-refractivity contribution in [2.45, 2.75) is 29.5 Å². The lowest BCUT2D eigenvalue weighted by Crippen LogP contribution is -2.35. The van der Waals surface area contributed by atoms with Crippen LogP contribution in [0.3, 0.4) is 0 Å². The van der Waals surface area contributed by atoms with E-state index < -0.39 is 10.0 Å². The van der Waals surface area contributed by atoms with E-state index in [2.05, 4.69) is 10.0 Å². The summed E-state index contributed by atoms with van der Waals surface area (Å²) >= 11 is 1.01. The molecule has 0 radical (unpaired) electrons. The Balaban J connectivity index is 2.09. The lowest BCUT2D eigenvalue weighted by molar-refractivity contribution is 0.519. The van der Waals surface area contributed by atoms with Gasteiger partial charge in [0.15, 0.2) is 0 Å². The third-order valence-electron chi connectivity index (χ3n) is 2.85. The number of hydrogen-bond donors (Lipinski definition) is 2. The first-order valence-corrected chi connectivity index (χ1v) is 8.15. The Morgan fingerprint density at radius 1 is 1.39 bits per heavy atom. The van der Waals surface area contributed by atoms with Crippen LogP contribution >= 0.6 is 11.3 Å². The molecule has 0 bridgehead atoms. The van der Waals surface area contributed by atoms with E-state index >= 15 is 0 Å². The molecule has 18 heavy (non-hydrogen) atoms. The van der Waals surface area contributed by atoms with Crippen molar-refractivity contribution < 1.29 is 8.42 Å². The molecule has 0 amide bonds. The van der Waals surface area contributed by atoms with Crippen LogP contribution in [0.5, 0.6) is 0 Å². The summed E-state index contributed by atoms with van der Waals surface area (Å²) in [4.78, 5) is 0.415. The molecule has 7 heteroatoms. The van der Waals surface area contributed by atoms with Crippen molar-refractivity contribution in [1.82, 2.24) is 10.0 Å². The Morgan fingerprint density at radius 3 is 2.94 bits per heavy atom. The van der Waals surface area contributed by atoms with Crippen molar-refractivity contribution in [3.05, 3.63) is 17.0 Å². The Bertz CT molecular complexity index is 537. The Morgan fingerprint density at radius 2 is 2.22 bits per heavy atom. The molecule has 1 aliphatic rings. The van der Waals surface area contributed by atoms with Crippen molar-refractivity contribution >= 4 is 21.4 Å². The van der Waals surface area contributed by atoms with Gasteiger partial charge < -0.3 is 5.32 Å². The molecular formula is C11H15N3O2S2. The first kappa shape index (κ1) is 13.5. The van der Waals surface area contributed by atoms with Crippen LogP contribution in [0.2, 0.25) is 0 Å². The van der Waals surface area contributed by atoms with E-state index in [1.807, 2.05) is 6.07 Å². The fourth-order valence-electron chi connectivity index (χ4n) is 1.94. The molecule has 98 valence electrons. The molecular weight excluding hydrogens is 270 g/mol. The highest BCUT2D eigenvalue weighted by atomic mass is 32.2. The molecule has 2 heterocycles. The van der Waals surface area contributed by atoms with E-state index in [0.717, 1.165) is 43.7 Å². The number of nitriles is 1. The molecule has 1 saturated heterocycles. The smallest absolute Gasteiger partial charge is 0.250 e. The summed E-state index contributed by atoms with van der Waals surface area (Å²) in [6.45, 7) is 1.77. The fourth-order valence-corrected chi connectivity index (χ4v) is 4.36. The van der Waals surface area contributed by atoms with E-state index in [4.69, 9.17) is 5.26 Å². The zero-order valence-corrected chi connectivity index (χ0v) is 11.5. The van der Waals surface area contributed by atoms with Gasteiger partial charge in [-0.05, 0) is 44.5 Å². The van der Waals surface area contributed by atoms with Crippen LogP contribution in [0.1, 0.15) is 24.1 Å². The van der Waals surface area contributed by atoms with Gasteiger partial charge in [-0.25, -0.2) is 13.1 Å². The van der Waals surface area contributed by atoms with Crippen LogP contribution in [0, 0.1) is 11.3 Å². The van der Waals surface area contributed by atoms with E-state index in [-0.39, 0.29) is 10.3 Å². The molecule has 1 aliphatic heterocycles. The number of hydrogen-bond acceptors (Lipinski definition) is 5. The van der Waals surface area contributed by atoms with Crippen LogP contribution in [0.4, 0.5) is 0 Å². The van der Waals surface area contributed by atoms with E-state index in [1.165, 1.54) is 12.1 Å². The SMILES string of the molecule is N#Cc1ccc(S(=O)(=O)NC2CCCNCC2)s1. The van der Waals surface area contributed by atoms with Crippen LogP contribution in [-0.2, 0) is 10.0 Å². The minimum atomic E-state index is -3.48. The average Bonchev–Trinajstić information content (AvgIpc) is 2.70. The van der Waals surface area contributed by atoms with Gasteiger partial charge in [0, 0.05) is 6.04 Å². The number of nitrogens with zero attached hydrogens (tertiary/aromatic N) is 1. The first-order chi connectivity index (χ1) is 8.62. The summed E-state index contributed by atoms with van der Waals surface area (Å²) in [6, 6.07) is 4.96. The van der Waals surface area contributed by atoms with Gasteiger partial charge in [-0.15, -0.1) is 11.3 Å². The molecule has 2 rings (SSSR count). The largest absolute Gasteiger partial charge is 0.317 e. The monoisotopic (exact) mass is 285 g/mol. The van der Waals surface area contributed by atoms with Gasteiger partial charge in [-0.1, -0.05) is 0 Å². The zero-order valence-electron chi connectivity index (χ0n) is 9.85. The summed E-state index contributed by atoms with van der Waals surface area (Å²) in [6.07, 6.45) is 2.62. The normalized spacial score (nSPS) is 21.2. The maximum atomic E-state index is 12.1. The number of nitrogens with one attached hydrogen (secondary N) is 2. The van der Waals surface area contributed by atoms with Crippen LogP contribution in [0.25, 0.3) is 0 Å². The van der Waals surface area contributed by atoms with E-state index in [9.17, 15) is 8.42 Å². The molecule has 5 nitrogen and oxygen atoms in total. The molecule has 0 aliphatic carbocycles. The predicted octanol–water partition coefficient (Wildman–Crippen LogP) is 1.04. The molecule has 0 spiro atoms. The number of rotatable bonds is 3. The third-order valence-corrected chi connectivity index (χ3v) is 5.86. The standard InChI is InChI=1S/C11H15N3O2S2/c12-8-10-3-4-11(17-10)18(15,16)14-9-2-1-6-13-7-5-9/h3-4,9,13-14H,1-2,5-7H2. The second kappa shape index (κ2) is 5.80. The van der Waals surface area contributed by atoms with Crippen molar-refractivity contribution in [3.63, 3.8) is 0 Å². The lowest BCUT2D eigenvalue weighted by Gasteiger charge is -2.14. The highest BCUT2D eigenvalue weighted by molar-refractivity contribution is 7.91. The van der Waals surface area contributed by atoms with E-state index in [1.54, 1.807) is 0 Å². The van der Waals surface area contributed by atoms with Crippen LogP contribution in [0.15, 0.2) is 16.3 Å². The van der Waals surface area contributed by atoms with Gasteiger partial charge >= 0.3 is 0 Å². The van der Waals surface area contributed by atoms with Crippen molar-refractivity contribution in [2.24, 2.45) is 0 Å². The quantitative estimate of drug-likeness (QED) is 0.869. The van der Waals surface area contributed by atoms with Crippen molar-refractivity contribution in [1.29, 1.82) is 5.26 Å². The summed E-state index contributed by atoms with van der Waals surface area (Å²) < 4.78 is 27.2. The zero-order chi connectivity index (χ0) is 13.0. The maximum absolute atomic E-state index is 12.1. The first-order valence-electron chi connectivity index (χ1n) is 5.85. The minimum Gasteiger partial charge on any atom is -0.317 e. The van der Waals surface area contributed by atoms with Gasteiger partial charge in [0.2, 0.25) is 10.0 Å². The van der Waals surface area contributed by atoms with Gasteiger partial charge in [0.25, 0.3) is 0 Å². The average molecular weight is 285 g/mol. The Labute approximate surface area is 111 Å². The summed E-state index contributed by atoms with van der Waals surface area (Å²) in [5.74, 6) is 0. The minimum absolute atomic E-state index is 0.0161. The van der Waals surface area contributed by atoms with Gasteiger partial charge in [-0.2, -0.15) is 5.26 Å². The molecule has 1 aromatic heterocycles. The van der Waals surface area contributed by atoms with E-state index in [0.29, 0.717) is 4.88 Å². The fraction of sp³-hybridized carbons (Fsp3) is 0.545. The van der Waals surface area contributed by atoms with Crippen molar-refractivity contribution in [2.75, 3.05) is 13.1 Å². The Hall–Kier alpha value is -0.940.